The lowest BCUT2D eigenvalue weighted by atomic mass is 9.61. The molecule has 0 bridgehead atoms. The molecule has 1 amide bonds. The van der Waals surface area contributed by atoms with Crippen molar-refractivity contribution in [3.05, 3.63) is 82.4 Å². The van der Waals surface area contributed by atoms with Crippen molar-refractivity contribution in [2.45, 2.75) is 56.1 Å². The molecule has 33 heavy (non-hydrogen) atoms. The molecular weight excluding hydrogens is 438 g/mol. The predicted molar refractivity (Wildman–Crippen MR) is 128 cm³/mol. The first-order valence-corrected chi connectivity index (χ1v) is 11.9. The van der Waals surface area contributed by atoms with Gasteiger partial charge in [0.25, 0.3) is 0 Å². The van der Waals surface area contributed by atoms with Crippen molar-refractivity contribution >= 4 is 23.5 Å². The monoisotopic (exact) mass is 467 g/mol. The first kappa shape index (κ1) is 23.5. The van der Waals surface area contributed by atoms with Gasteiger partial charge >= 0.3 is 5.97 Å². The van der Waals surface area contributed by atoms with Gasteiger partial charge in [-0.05, 0) is 61.1 Å². The standard InChI is InChI=1S/C27H30ClNO4/c1-33-26(32)20-5-3-19(4-6-20)15-18-29-23(12-14-25(29)31)11-13-24(30)27(16-2-17-27)21-7-9-22(28)10-8-21/h3-11,13,23-24,30H,2,12,14-18H2,1H3/t23-,24?/m0/s1. The molecule has 2 aromatic carbocycles. The minimum Gasteiger partial charge on any atom is -0.465 e. The number of methoxy groups -OCH3 is 1. The fraction of sp³-hybridized carbons (Fsp3) is 0.407. The van der Waals surface area contributed by atoms with Gasteiger partial charge in [0.2, 0.25) is 5.91 Å². The second-order valence-corrected chi connectivity index (χ2v) is 9.41. The number of likely N-dealkylation sites (tertiary alicyclic amines) is 1. The van der Waals surface area contributed by atoms with Gasteiger partial charge < -0.3 is 14.7 Å². The van der Waals surface area contributed by atoms with Crippen LogP contribution in [-0.2, 0) is 21.4 Å². The topological polar surface area (TPSA) is 66.8 Å². The van der Waals surface area contributed by atoms with Gasteiger partial charge in [0.15, 0.2) is 0 Å². The van der Waals surface area contributed by atoms with Gasteiger partial charge in [-0.1, -0.05) is 54.4 Å². The van der Waals surface area contributed by atoms with Crippen molar-refractivity contribution in [1.29, 1.82) is 0 Å². The number of halogens is 1. The van der Waals surface area contributed by atoms with E-state index in [9.17, 15) is 14.7 Å². The van der Waals surface area contributed by atoms with Crippen LogP contribution in [0, 0.1) is 0 Å². The molecule has 1 aliphatic heterocycles. The summed E-state index contributed by atoms with van der Waals surface area (Å²) in [6, 6.07) is 15.0. The maximum absolute atomic E-state index is 12.5. The fourth-order valence-corrected chi connectivity index (χ4v) is 5.06. The number of aliphatic hydroxyl groups excluding tert-OH is 1. The highest BCUT2D eigenvalue weighted by molar-refractivity contribution is 6.30. The maximum Gasteiger partial charge on any atom is 0.337 e. The Bertz CT molecular complexity index is 1010. The van der Waals surface area contributed by atoms with E-state index in [0.717, 1.165) is 36.8 Å². The van der Waals surface area contributed by atoms with Crippen molar-refractivity contribution in [3.8, 4) is 0 Å². The Morgan fingerprint density at radius 1 is 1.21 bits per heavy atom. The summed E-state index contributed by atoms with van der Waals surface area (Å²) in [4.78, 5) is 26.0. The Kier molecular flexibility index (Phi) is 7.20. The maximum atomic E-state index is 12.5. The van der Waals surface area contributed by atoms with E-state index < -0.39 is 6.10 Å². The largest absolute Gasteiger partial charge is 0.465 e. The van der Waals surface area contributed by atoms with E-state index in [2.05, 4.69) is 0 Å². The number of nitrogens with zero attached hydrogens (tertiary/aromatic N) is 1. The van der Waals surface area contributed by atoms with Crippen molar-refractivity contribution < 1.29 is 19.4 Å². The molecule has 0 spiro atoms. The molecule has 1 aliphatic carbocycles. The Morgan fingerprint density at radius 3 is 2.52 bits per heavy atom. The minimum atomic E-state index is -0.601. The number of esters is 1. The Labute approximate surface area is 200 Å². The highest BCUT2D eigenvalue weighted by Gasteiger charge is 2.44. The fourth-order valence-electron chi connectivity index (χ4n) is 4.93. The van der Waals surface area contributed by atoms with Gasteiger partial charge in [-0.3, -0.25) is 4.79 Å². The molecule has 2 aromatic rings. The lowest BCUT2D eigenvalue weighted by molar-refractivity contribution is -0.128. The molecule has 2 aliphatic rings. The first-order chi connectivity index (χ1) is 15.9. The number of aliphatic hydroxyl groups is 1. The lowest BCUT2D eigenvalue weighted by Crippen LogP contribution is -2.44. The van der Waals surface area contributed by atoms with E-state index in [4.69, 9.17) is 16.3 Å². The summed E-state index contributed by atoms with van der Waals surface area (Å²) in [5.41, 5.74) is 2.42. The highest BCUT2D eigenvalue weighted by Crippen LogP contribution is 2.47. The molecular formula is C27H30ClNO4. The SMILES string of the molecule is COC(=O)c1ccc(CCN2C(=O)CC[C@@H]2C=CC(O)C2(c3ccc(Cl)cc3)CCC2)cc1. The molecule has 6 heteroatoms. The van der Waals surface area contributed by atoms with Crippen LogP contribution in [0.4, 0.5) is 0 Å². The molecule has 1 unspecified atom stereocenters. The second-order valence-electron chi connectivity index (χ2n) is 8.98. The van der Waals surface area contributed by atoms with Crippen LogP contribution in [0.3, 0.4) is 0 Å². The van der Waals surface area contributed by atoms with E-state index in [-0.39, 0.29) is 23.3 Å². The van der Waals surface area contributed by atoms with Gasteiger partial charge in [0, 0.05) is 23.4 Å². The van der Waals surface area contributed by atoms with E-state index in [0.29, 0.717) is 30.0 Å². The zero-order valence-corrected chi connectivity index (χ0v) is 19.6. The number of carbonyl (C=O) groups excluding carboxylic acids is 2. The number of amides is 1. The number of rotatable bonds is 8. The number of hydrogen-bond donors (Lipinski definition) is 1. The number of carbonyl (C=O) groups is 2. The molecule has 4 rings (SSSR count). The van der Waals surface area contributed by atoms with E-state index in [1.807, 2.05) is 53.5 Å². The summed E-state index contributed by atoms with van der Waals surface area (Å²) in [6.07, 6.45) is 8.25. The van der Waals surface area contributed by atoms with Crippen LogP contribution in [0.5, 0.6) is 0 Å². The van der Waals surface area contributed by atoms with Gasteiger partial charge in [0.05, 0.1) is 24.8 Å². The van der Waals surface area contributed by atoms with Crippen molar-refractivity contribution in [3.63, 3.8) is 0 Å². The van der Waals surface area contributed by atoms with Gasteiger partial charge in [-0.2, -0.15) is 0 Å². The molecule has 1 saturated heterocycles. The van der Waals surface area contributed by atoms with Gasteiger partial charge in [-0.15, -0.1) is 0 Å². The molecule has 5 nitrogen and oxygen atoms in total. The molecule has 174 valence electrons. The van der Waals surface area contributed by atoms with Crippen LogP contribution in [0.2, 0.25) is 5.02 Å². The zero-order valence-electron chi connectivity index (χ0n) is 18.9. The summed E-state index contributed by atoms with van der Waals surface area (Å²) in [5, 5.41) is 11.8. The van der Waals surface area contributed by atoms with Crippen LogP contribution in [0.1, 0.15) is 53.6 Å². The highest BCUT2D eigenvalue weighted by atomic mass is 35.5. The van der Waals surface area contributed by atoms with Gasteiger partial charge in [-0.25, -0.2) is 4.79 Å². The zero-order chi connectivity index (χ0) is 23.4. The summed E-state index contributed by atoms with van der Waals surface area (Å²) in [5.74, 6) is -0.218. The third-order valence-corrected chi connectivity index (χ3v) is 7.39. The number of hydrogen-bond acceptors (Lipinski definition) is 4. The average Bonchev–Trinajstić information content (AvgIpc) is 3.15. The lowest BCUT2D eigenvalue weighted by Gasteiger charge is -2.45. The third-order valence-electron chi connectivity index (χ3n) is 7.14. The van der Waals surface area contributed by atoms with Crippen LogP contribution in [0.25, 0.3) is 0 Å². The third kappa shape index (κ3) is 4.99. The van der Waals surface area contributed by atoms with E-state index >= 15 is 0 Å². The van der Waals surface area contributed by atoms with Crippen LogP contribution >= 0.6 is 11.6 Å². The van der Waals surface area contributed by atoms with Gasteiger partial charge in [0.1, 0.15) is 0 Å². The van der Waals surface area contributed by atoms with Crippen LogP contribution < -0.4 is 0 Å². The second kappa shape index (κ2) is 10.1. The number of benzene rings is 2. The van der Waals surface area contributed by atoms with E-state index in [1.165, 1.54) is 7.11 Å². The first-order valence-electron chi connectivity index (χ1n) is 11.5. The van der Waals surface area contributed by atoms with Crippen LogP contribution in [0.15, 0.2) is 60.7 Å². The summed E-state index contributed by atoms with van der Waals surface area (Å²) >= 11 is 6.05. The molecule has 0 radical (unpaired) electrons. The van der Waals surface area contributed by atoms with E-state index in [1.54, 1.807) is 12.1 Å². The molecule has 1 N–H and O–H groups in total. The smallest absolute Gasteiger partial charge is 0.337 e. The Morgan fingerprint density at radius 2 is 1.91 bits per heavy atom. The molecule has 0 aromatic heterocycles. The molecule has 2 atom stereocenters. The molecule has 2 fully saturated rings. The average molecular weight is 468 g/mol. The summed E-state index contributed by atoms with van der Waals surface area (Å²) in [6.45, 7) is 0.601. The van der Waals surface area contributed by atoms with Crippen LogP contribution in [-0.4, -0.2) is 47.7 Å². The Balaban J connectivity index is 1.40. The molecule has 1 saturated carbocycles. The number of ether oxygens (including phenoxy) is 1. The van der Waals surface area contributed by atoms with Crippen molar-refractivity contribution in [1.82, 2.24) is 4.90 Å². The summed E-state index contributed by atoms with van der Waals surface area (Å²) in [7, 11) is 1.36. The molecule has 1 heterocycles. The minimum absolute atomic E-state index is 0.0103. The predicted octanol–water partition coefficient (Wildman–Crippen LogP) is 4.70. The van der Waals surface area contributed by atoms with Crippen molar-refractivity contribution in [2.75, 3.05) is 13.7 Å². The van der Waals surface area contributed by atoms with Crippen molar-refractivity contribution in [2.24, 2.45) is 0 Å². The summed E-state index contributed by atoms with van der Waals surface area (Å²) < 4.78 is 4.74. The normalized spacial score (nSPS) is 20.6. The quantitative estimate of drug-likeness (QED) is 0.451. The Hall–Kier alpha value is -2.63.